The zero-order chi connectivity index (χ0) is 13.8. The average molecular weight is 269 g/mol. The van der Waals surface area contributed by atoms with Crippen LogP contribution in [0.15, 0.2) is 29.2 Å². The zero-order valence-corrected chi connectivity index (χ0v) is 10.3. The molecule has 18 heavy (non-hydrogen) atoms. The Bertz CT molecular complexity index is 574. The van der Waals surface area contributed by atoms with Gasteiger partial charge >= 0.3 is 0 Å². The zero-order valence-electron chi connectivity index (χ0n) is 9.53. The molecule has 8 heteroatoms. The first-order valence-corrected chi connectivity index (χ1v) is 6.49. The highest BCUT2D eigenvalue weighted by Crippen LogP contribution is 2.15. The number of nitro benzene ring substituents is 1. The molecule has 1 aromatic rings. The van der Waals surface area contributed by atoms with E-state index >= 15 is 0 Å². The number of nitrogens with zero attached hydrogens (tertiary/aromatic N) is 2. The third-order valence-corrected chi connectivity index (χ3v) is 3.60. The highest BCUT2D eigenvalue weighted by molar-refractivity contribution is 7.89. The van der Waals surface area contributed by atoms with E-state index in [4.69, 9.17) is 5.26 Å². The standard InChI is InChI=1S/C10H11N3O4S/c1-8(6-11)7-12-18(16,17)10-4-2-9(3-5-10)13(14)15/h2-5,8,12H,7H2,1H3. The first-order chi connectivity index (χ1) is 8.36. The van der Waals surface area contributed by atoms with Crippen molar-refractivity contribution in [1.29, 1.82) is 5.26 Å². The summed E-state index contributed by atoms with van der Waals surface area (Å²) in [5.74, 6) is -0.446. The Morgan fingerprint density at radius 1 is 1.44 bits per heavy atom. The molecule has 1 N–H and O–H groups in total. The van der Waals surface area contributed by atoms with Crippen molar-refractivity contribution in [2.75, 3.05) is 6.54 Å². The lowest BCUT2D eigenvalue weighted by molar-refractivity contribution is -0.384. The molecule has 1 unspecified atom stereocenters. The lowest BCUT2D eigenvalue weighted by atomic mass is 10.2. The minimum atomic E-state index is -3.73. The van der Waals surface area contributed by atoms with Crippen molar-refractivity contribution >= 4 is 15.7 Å². The highest BCUT2D eigenvalue weighted by atomic mass is 32.2. The molecule has 0 radical (unpaired) electrons. The van der Waals surface area contributed by atoms with E-state index in [0.717, 1.165) is 24.3 Å². The molecule has 0 heterocycles. The Labute approximate surface area is 104 Å². The van der Waals surface area contributed by atoms with Gasteiger partial charge in [0.25, 0.3) is 5.69 Å². The van der Waals surface area contributed by atoms with Crippen LogP contribution in [-0.4, -0.2) is 19.9 Å². The van der Waals surface area contributed by atoms with Gasteiger partial charge in [-0.25, -0.2) is 13.1 Å². The Hall–Kier alpha value is -1.98. The van der Waals surface area contributed by atoms with E-state index in [1.54, 1.807) is 6.92 Å². The Morgan fingerprint density at radius 2 is 2.00 bits per heavy atom. The van der Waals surface area contributed by atoms with Crippen molar-refractivity contribution in [2.24, 2.45) is 5.92 Å². The van der Waals surface area contributed by atoms with Crippen molar-refractivity contribution in [2.45, 2.75) is 11.8 Å². The van der Waals surface area contributed by atoms with Crippen molar-refractivity contribution in [3.8, 4) is 6.07 Å². The van der Waals surface area contributed by atoms with Crippen molar-refractivity contribution in [3.63, 3.8) is 0 Å². The number of hydrogen-bond donors (Lipinski definition) is 1. The van der Waals surface area contributed by atoms with Gasteiger partial charge in [-0.15, -0.1) is 0 Å². The fourth-order valence-electron chi connectivity index (χ4n) is 1.11. The molecule has 0 amide bonds. The molecule has 96 valence electrons. The topological polar surface area (TPSA) is 113 Å². The summed E-state index contributed by atoms with van der Waals surface area (Å²) in [5.41, 5.74) is -0.181. The van der Waals surface area contributed by atoms with E-state index in [2.05, 4.69) is 4.72 Å². The first kappa shape index (κ1) is 14.1. The molecule has 0 saturated carbocycles. The number of nitriles is 1. The largest absolute Gasteiger partial charge is 0.269 e. The summed E-state index contributed by atoms with van der Waals surface area (Å²) < 4.78 is 25.7. The highest BCUT2D eigenvalue weighted by Gasteiger charge is 2.16. The molecule has 0 aliphatic rings. The van der Waals surface area contributed by atoms with Crippen molar-refractivity contribution in [3.05, 3.63) is 34.4 Å². The first-order valence-electron chi connectivity index (χ1n) is 5.00. The summed E-state index contributed by atoms with van der Waals surface area (Å²) in [4.78, 5) is 9.74. The Kier molecular flexibility index (Phi) is 4.36. The molecule has 0 fully saturated rings. The number of benzene rings is 1. The molecule has 0 aliphatic heterocycles. The minimum Gasteiger partial charge on any atom is -0.258 e. The van der Waals surface area contributed by atoms with E-state index in [9.17, 15) is 18.5 Å². The van der Waals surface area contributed by atoms with Gasteiger partial charge in [0.2, 0.25) is 10.0 Å². The Morgan fingerprint density at radius 3 is 2.44 bits per heavy atom. The van der Waals surface area contributed by atoms with Crippen molar-refractivity contribution < 1.29 is 13.3 Å². The molecule has 7 nitrogen and oxygen atoms in total. The maximum Gasteiger partial charge on any atom is 0.269 e. The van der Waals surface area contributed by atoms with Gasteiger partial charge < -0.3 is 0 Å². The van der Waals surface area contributed by atoms with E-state index < -0.39 is 20.9 Å². The molecule has 0 aromatic heterocycles. The SMILES string of the molecule is CC(C#N)CNS(=O)(=O)c1ccc([N+](=O)[O-])cc1. The number of sulfonamides is 1. The van der Waals surface area contributed by atoms with Gasteiger partial charge in [-0.3, -0.25) is 10.1 Å². The lowest BCUT2D eigenvalue weighted by Crippen LogP contribution is -2.27. The van der Waals surface area contributed by atoms with Crippen LogP contribution in [0.5, 0.6) is 0 Å². The van der Waals surface area contributed by atoms with E-state index in [-0.39, 0.29) is 17.1 Å². The second-order valence-corrected chi connectivity index (χ2v) is 5.40. The fourth-order valence-corrected chi connectivity index (χ4v) is 2.24. The molecule has 0 spiro atoms. The summed E-state index contributed by atoms with van der Waals surface area (Å²) in [6.07, 6.45) is 0. The van der Waals surface area contributed by atoms with Gasteiger partial charge in [-0.1, -0.05) is 0 Å². The maximum atomic E-state index is 11.7. The van der Waals surface area contributed by atoms with Gasteiger partial charge in [-0.2, -0.15) is 5.26 Å². The normalized spacial score (nSPS) is 12.7. The monoisotopic (exact) mass is 269 g/mol. The van der Waals surface area contributed by atoms with Crippen LogP contribution in [0.3, 0.4) is 0 Å². The lowest BCUT2D eigenvalue weighted by Gasteiger charge is -2.07. The molecule has 1 rings (SSSR count). The van der Waals surface area contributed by atoms with Crippen LogP contribution in [0.4, 0.5) is 5.69 Å². The average Bonchev–Trinajstić information content (AvgIpc) is 2.36. The fraction of sp³-hybridized carbons (Fsp3) is 0.300. The number of rotatable bonds is 5. The second kappa shape index (κ2) is 5.57. The van der Waals surface area contributed by atoms with Crippen LogP contribution in [0, 0.1) is 27.4 Å². The third-order valence-electron chi connectivity index (χ3n) is 2.16. The second-order valence-electron chi connectivity index (χ2n) is 3.63. The molecule has 0 aliphatic carbocycles. The van der Waals surface area contributed by atoms with Crippen LogP contribution < -0.4 is 4.72 Å². The summed E-state index contributed by atoms with van der Waals surface area (Å²) >= 11 is 0. The summed E-state index contributed by atoms with van der Waals surface area (Å²) in [5, 5.41) is 19.0. The smallest absolute Gasteiger partial charge is 0.258 e. The van der Waals surface area contributed by atoms with Gasteiger partial charge in [0.05, 0.1) is 21.8 Å². The van der Waals surface area contributed by atoms with Gasteiger partial charge in [0, 0.05) is 18.7 Å². The molecule has 0 bridgehead atoms. The molecular weight excluding hydrogens is 258 g/mol. The predicted octanol–water partition coefficient (Wildman–Crippen LogP) is 1.03. The van der Waals surface area contributed by atoms with E-state index in [1.165, 1.54) is 0 Å². The van der Waals surface area contributed by atoms with Crippen LogP contribution in [-0.2, 0) is 10.0 Å². The maximum absolute atomic E-state index is 11.7. The molecular formula is C10H11N3O4S. The molecule has 1 aromatic carbocycles. The number of hydrogen-bond acceptors (Lipinski definition) is 5. The van der Waals surface area contributed by atoms with Crippen LogP contribution >= 0.6 is 0 Å². The third kappa shape index (κ3) is 3.51. The Balaban J connectivity index is 2.86. The van der Waals surface area contributed by atoms with Crippen LogP contribution in [0.25, 0.3) is 0 Å². The van der Waals surface area contributed by atoms with E-state index in [1.807, 2.05) is 6.07 Å². The van der Waals surface area contributed by atoms with Crippen LogP contribution in [0.1, 0.15) is 6.92 Å². The predicted molar refractivity (Wildman–Crippen MR) is 63.1 cm³/mol. The summed E-state index contributed by atoms with van der Waals surface area (Å²) in [6, 6.07) is 6.42. The number of nitro groups is 1. The number of nitrogens with one attached hydrogen (secondary N) is 1. The summed E-state index contributed by atoms with van der Waals surface area (Å²) in [6.45, 7) is 1.58. The molecule has 1 atom stereocenters. The van der Waals surface area contributed by atoms with Gasteiger partial charge in [0.1, 0.15) is 0 Å². The van der Waals surface area contributed by atoms with Crippen molar-refractivity contribution in [1.82, 2.24) is 4.72 Å². The van der Waals surface area contributed by atoms with Gasteiger partial charge in [0.15, 0.2) is 0 Å². The molecule has 0 saturated heterocycles. The van der Waals surface area contributed by atoms with Gasteiger partial charge in [-0.05, 0) is 19.1 Å². The van der Waals surface area contributed by atoms with Crippen LogP contribution in [0.2, 0.25) is 0 Å². The number of non-ortho nitro benzene ring substituents is 1. The van der Waals surface area contributed by atoms with E-state index in [0.29, 0.717) is 0 Å². The summed E-state index contributed by atoms with van der Waals surface area (Å²) in [7, 11) is -3.73. The quantitative estimate of drug-likeness (QED) is 0.633. The minimum absolute atomic E-state index is 0.00415.